The third-order valence-electron chi connectivity index (χ3n) is 7.46. The van der Waals surface area contributed by atoms with Gasteiger partial charge < -0.3 is 10.3 Å². The van der Waals surface area contributed by atoms with Crippen LogP contribution in [0.15, 0.2) is 73.2 Å². The van der Waals surface area contributed by atoms with E-state index < -0.39 is 0 Å². The number of aryl methyl sites for hydroxylation is 1. The summed E-state index contributed by atoms with van der Waals surface area (Å²) < 4.78 is 0. The Labute approximate surface area is 226 Å². The van der Waals surface area contributed by atoms with Gasteiger partial charge in [-0.05, 0) is 87.5 Å². The summed E-state index contributed by atoms with van der Waals surface area (Å²) in [6.45, 7) is 10.5. The monoisotopic (exact) mass is 520 g/mol. The number of rotatable bonds is 7. The first-order chi connectivity index (χ1) is 18.6. The van der Waals surface area contributed by atoms with Gasteiger partial charge in [0.15, 0.2) is 5.65 Å². The lowest BCUT2D eigenvalue weighted by Crippen LogP contribution is -2.27. The molecule has 5 aromatic rings. The lowest BCUT2D eigenvalue weighted by Gasteiger charge is -2.23. The molecule has 0 atom stereocenters. The van der Waals surface area contributed by atoms with E-state index in [-0.39, 0.29) is 0 Å². The molecule has 1 fully saturated rings. The molecule has 0 saturated carbocycles. The van der Waals surface area contributed by atoms with E-state index in [0.29, 0.717) is 11.6 Å². The third-order valence-corrected chi connectivity index (χ3v) is 8.49. The average Bonchev–Trinajstić information content (AvgIpc) is 3.68. The smallest absolute Gasteiger partial charge is 0.181 e. The van der Waals surface area contributed by atoms with Gasteiger partial charge in [-0.2, -0.15) is 5.10 Å². The van der Waals surface area contributed by atoms with Gasteiger partial charge in [0, 0.05) is 44.0 Å². The van der Waals surface area contributed by atoms with Crippen molar-refractivity contribution in [3.63, 3.8) is 0 Å². The number of allylic oxidation sites excluding steroid dienone is 5. The number of piperidine rings is 1. The van der Waals surface area contributed by atoms with Crippen LogP contribution in [0.25, 0.3) is 49.3 Å². The van der Waals surface area contributed by atoms with E-state index in [0.717, 1.165) is 63.9 Å². The van der Waals surface area contributed by atoms with E-state index >= 15 is 0 Å². The van der Waals surface area contributed by atoms with E-state index in [2.05, 4.69) is 82.3 Å². The van der Waals surface area contributed by atoms with E-state index in [1.54, 1.807) is 11.3 Å². The molecule has 0 spiro atoms. The summed E-state index contributed by atoms with van der Waals surface area (Å²) in [7, 11) is 0. The summed E-state index contributed by atoms with van der Waals surface area (Å²) in [4.78, 5) is 15.2. The molecule has 6 nitrogen and oxygen atoms in total. The fraction of sp³-hybridized carbons (Fsp3) is 0.258. The second-order valence-corrected chi connectivity index (χ2v) is 11.3. The normalized spacial score (nSPS) is 15.5. The molecule has 5 aromatic heterocycles. The molecule has 7 heteroatoms. The standard InChI is InChI=1S/C31H32N6S/c1-4-20(12-21-8-10-32-11-9-21)13-22(5-2)23-14-25-30(36-37-31(25)34-16-23)27-15-24-26(17-33-18-28(24)35-27)29-7-6-19(3)38-29/h4-7,13-18,21,32,35H,1,8-12H2,2-3H3,(H,34,36,37)/b20-13+,22-5+. The lowest BCUT2D eigenvalue weighted by molar-refractivity contribution is 0.374. The van der Waals surface area contributed by atoms with Crippen molar-refractivity contribution in [2.24, 2.45) is 5.92 Å². The molecule has 0 radical (unpaired) electrons. The highest BCUT2D eigenvalue weighted by molar-refractivity contribution is 7.15. The summed E-state index contributed by atoms with van der Waals surface area (Å²) >= 11 is 1.78. The van der Waals surface area contributed by atoms with Crippen LogP contribution in [0, 0.1) is 12.8 Å². The van der Waals surface area contributed by atoms with Crippen molar-refractivity contribution in [2.45, 2.75) is 33.1 Å². The van der Waals surface area contributed by atoms with E-state index in [1.165, 1.54) is 28.2 Å². The number of aromatic amines is 2. The van der Waals surface area contributed by atoms with Gasteiger partial charge in [-0.1, -0.05) is 24.8 Å². The molecule has 0 amide bonds. The zero-order valence-corrected chi connectivity index (χ0v) is 22.7. The predicted octanol–water partition coefficient (Wildman–Crippen LogP) is 7.44. The Morgan fingerprint density at radius 2 is 2.00 bits per heavy atom. The van der Waals surface area contributed by atoms with Gasteiger partial charge in [0.1, 0.15) is 0 Å². The molecule has 0 aliphatic carbocycles. The minimum absolute atomic E-state index is 0.702. The zero-order chi connectivity index (χ0) is 26.1. The molecular weight excluding hydrogens is 488 g/mol. The van der Waals surface area contributed by atoms with Gasteiger partial charge in [-0.3, -0.25) is 10.1 Å². The second kappa shape index (κ2) is 10.5. The number of fused-ring (bicyclic) bond motifs is 2. The molecule has 1 aliphatic rings. The predicted molar refractivity (Wildman–Crippen MR) is 159 cm³/mol. The highest BCUT2D eigenvalue weighted by Gasteiger charge is 2.17. The van der Waals surface area contributed by atoms with Gasteiger partial charge in [0.05, 0.1) is 23.1 Å². The van der Waals surface area contributed by atoms with Crippen molar-refractivity contribution in [3.8, 4) is 21.8 Å². The maximum Gasteiger partial charge on any atom is 0.181 e. The number of nitrogens with zero attached hydrogens (tertiary/aromatic N) is 3. The molecule has 38 heavy (non-hydrogen) atoms. The van der Waals surface area contributed by atoms with Gasteiger partial charge >= 0.3 is 0 Å². The molecule has 6 rings (SSSR count). The zero-order valence-electron chi connectivity index (χ0n) is 21.8. The second-order valence-electron chi connectivity index (χ2n) is 10.0. The first kappa shape index (κ1) is 24.5. The number of pyridine rings is 2. The Morgan fingerprint density at radius 1 is 1.13 bits per heavy atom. The molecule has 6 heterocycles. The van der Waals surface area contributed by atoms with Crippen molar-refractivity contribution >= 4 is 38.8 Å². The first-order valence-corrected chi connectivity index (χ1v) is 14.0. The van der Waals surface area contributed by atoms with Crippen LogP contribution in [0.5, 0.6) is 0 Å². The maximum absolute atomic E-state index is 4.70. The fourth-order valence-electron chi connectivity index (χ4n) is 5.38. The summed E-state index contributed by atoms with van der Waals surface area (Å²) in [5.41, 5.74) is 8.23. The molecule has 0 bridgehead atoms. The Morgan fingerprint density at radius 3 is 2.76 bits per heavy atom. The van der Waals surface area contributed by atoms with Gasteiger partial charge in [0.2, 0.25) is 0 Å². The van der Waals surface area contributed by atoms with E-state index in [1.807, 2.05) is 24.7 Å². The minimum atomic E-state index is 0.702. The summed E-state index contributed by atoms with van der Waals surface area (Å²) in [6, 6.07) is 8.69. The SMILES string of the molecule is C=C/C(=C\C(=C/C)c1cnc2n[nH]c(-c3cc4c(-c5ccc(C)s5)cncc4[nH]3)c2c1)CC1CCNCC1. The van der Waals surface area contributed by atoms with E-state index in [9.17, 15) is 0 Å². The van der Waals surface area contributed by atoms with Crippen LogP contribution in [0.3, 0.4) is 0 Å². The van der Waals surface area contributed by atoms with Gasteiger partial charge in [-0.25, -0.2) is 4.98 Å². The molecule has 3 N–H and O–H groups in total. The highest BCUT2D eigenvalue weighted by Crippen LogP contribution is 2.36. The van der Waals surface area contributed by atoms with Crippen molar-refractivity contribution in [1.29, 1.82) is 0 Å². The summed E-state index contributed by atoms with van der Waals surface area (Å²) in [5, 5.41) is 13.3. The lowest BCUT2D eigenvalue weighted by atomic mass is 9.89. The van der Waals surface area contributed by atoms with Crippen LogP contribution < -0.4 is 5.32 Å². The first-order valence-electron chi connectivity index (χ1n) is 13.2. The van der Waals surface area contributed by atoms with E-state index in [4.69, 9.17) is 4.98 Å². The summed E-state index contributed by atoms with van der Waals surface area (Å²) in [5.74, 6) is 0.708. The quantitative estimate of drug-likeness (QED) is 0.195. The largest absolute Gasteiger partial charge is 0.352 e. The minimum Gasteiger partial charge on any atom is -0.352 e. The topological polar surface area (TPSA) is 82.3 Å². The van der Waals surface area contributed by atoms with Crippen LogP contribution in [0.2, 0.25) is 0 Å². The Balaban J connectivity index is 1.36. The number of H-pyrrole nitrogens is 2. The van der Waals surface area contributed by atoms with Crippen molar-refractivity contribution in [2.75, 3.05) is 13.1 Å². The molecule has 1 saturated heterocycles. The summed E-state index contributed by atoms with van der Waals surface area (Å²) in [6.07, 6.45) is 15.7. The van der Waals surface area contributed by atoms with Crippen LogP contribution in [0.1, 0.15) is 36.6 Å². The molecule has 0 unspecified atom stereocenters. The third kappa shape index (κ3) is 4.75. The van der Waals surface area contributed by atoms with Crippen molar-refractivity contribution in [1.82, 2.24) is 30.5 Å². The maximum atomic E-state index is 4.70. The van der Waals surface area contributed by atoms with Crippen molar-refractivity contribution in [3.05, 3.63) is 83.7 Å². The molecule has 0 aromatic carbocycles. The highest BCUT2D eigenvalue weighted by atomic mass is 32.1. The van der Waals surface area contributed by atoms with Gasteiger partial charge in [0.25, 0.3) is 0 Å². The number of hydrogen-bond donors (Lipinski definition) is 3. The Hall–Kier alpha value is -3.81. The molecular formula is C31H32N6S. The fourth-order valence-corrected chi connectivity index (χ4v) is 6.27. The molecule has 192 valence electrons. The Bertz CT molecular complexity index is 1680. The van der Waals surface area contributed by atoms with Crippen LogP contribution in [-0.4, -0.2) is 38.2 Å². The van der Waals surface area contributed by atoms with Gasteiger partial charge in [-0.15, -0.1) is 11.3 Å². The van der Waals surface area contributed by atoms with Crippen LogP contribution >= 0.6 is 11.3 Å². The van der Waals surface area contributed by atoms with Crippen LogP contribution in [-0.2, 0) is 0 Å². The van der Waals surface area contributed by atoms with Crippen LogP contribution in [0.4, 0.5) is 0 Å². The number of thiophene rings is 1. The molecule has 1 aliphatic heterocycles. The number of aromatic nitrogens is 5. The van der Waals surface area contributed by atoms with Crippen molar-refractivity contribution < 1.29 is 0 Å². The average molecular weight is 521 g/mol. The Kier molecular flexibility index (Phi) is 6.79. The number of hydrogen-bond acceptors (Lipinski definition) is 5. The number of nitrogens with one attached hydrogen (secondary N) is 3.